The third kappa shape index (κ3) is 6.21. The normalized spacial score (nSPS) is 10.9. The molecular weight excluding hydrogens is 386 g/mol. The number of benzene rings is 1. The monoisotopic (exact) mass is 409 g/mol. The van der Waals surface area contributed by atoms with Gasteiger partial charge >= 0.3 is 0 Å². The fourth-order valence-electron chi connectivity index (χ4n) is 2.33. The molecular formula is C19H24BrNO4. The van der Waals surface area contributed by atoms with E-state index in [2.05, 4.69) is 29.8 Å². The minimum Gasteiger partial charge on any atom is -0.486 e. The molecule has 25 heavy (non-hydrogen) atoms. The topological polar surface area (TPSA) is 51.9 Å². The molecule has 2 aromatic rings. The summed E-state index contributed by atoms with van der Waals surface area (Å²) in [5.41, 5.74) is 0. The van der Waals surface area contributed by atoms with Crippen molar-refractivity contribution in [2.45, 2.75) is 20.5 Å². The number of hydrogen-bond acceptors (Lipinski definition) is 4. The Bertz CT molecular complexity index is 666. The van der Waals surface area contributed by atoms with Crippen LogP contribution < -0.4 is 4.74 Å². The van der Waals surface area contributed by atoms with E-state index in [9.17, 15) is 4.79 Å². The van der Waals surface area contributed by atoms with E-state index in [0.29, 0.717) is 37.1 Å². The van der Waals surface area contributed by atoms with Crippen molar-refractivity contribution in [1.82, 2.24) is 4.90 Å². The highest BCUT2D eigenvalue weighted by Crippen LogP contribution is 2.18. The molecule has 1 aromatic heterocycles. The van der Waals surface area contributed by atoms with Crippen molar-refractivity contribution in [2.24, 2.45) is 5.92 Å². The van der Waals surface area contributed by atoms with Crippen LogP contribution in [0.1, 0.15) is 30.2 Å². The highest BCUT2D eigenvalue weighted by atomic mass is 79.9. The molecule has 0 spiro atoms. The van der Waals surface area contributed by atoms with Gasteiger partial charge in [-0.2, -0.15) is 0 Å². The molecule has 1 aromatic carbocycles. The zero-order valence-corrected chi connectivity index (χ0v) is 16.4. The molecule has 0 saturated heterocycles. The Balaban J connectivity index is 1.97. The molecule has 0 N–H and O–H groups in total. The molecule has 0 aliphatic heterocycles. The zero-order chi connectivity index (χ0) is 18.2. The van der Waals surface area contributed by atoms with Crippen molar-refractivity contribution in [3.05, 3.63) is 52.4 Å². The Labute approximate surface area is 157 Å². The first-order chi connectivity index (χ1) is 12.0. The molecule has 0 unspecified atom stereocenters. The van der Waals surface area contributed by atoms with Crippen LogP contribution in [-0.2, 0) is 11.3 Å². The minimum atomic E-state index is -0.124. The van der Waals surface area contributed by atoms with Crippen LogP contribution in [0, 0.1) is 5.92 Å². The summed E-state index contributed by atoms with van der Waals surface area (Å²) in [6, 6.07) is 11.0. The molecule has 0 aliphatic rings. The number of halogens is 1. The van der Waals surface area contributed by atoms with E-state index in [4.69, 9.17) is 13.9 Å². The maximum absolute atomic E-state index is 12.6. The molecule has 0 aliphatic carbocycles. The second-order valence-electron chi connectivity index (χ2n) is 6.15. The van der Waals surface area contributed by atoms with Crippen LogP contribution in [0.15, 0.2) is 45.3 Å². The summed E-state index contributed by atoms with van der Waals surface area (Å²) < 4.78 is 17.4. The summed E-state index contributed by atoms with van der Waals surface area (Å²) >= 11 is 3.38. The van der Waals surface area contributed by atoms with Gasteiger partial charge in [-0.1, -0.05) is 29.8 Å². The van der Waals surface area contributed by atoms with Gasteiger partial charge < -0.3 is 18.8 Å². The Hall–Kier alpha value is -1.79. The van der Waals surface area contributed by atoms with Crippen molar-refractivity contribution >= 4 is 21.8 Å². The van der Waals surface area contributed by atoms with Crippen molar-refractivity contribution in [3.8, 4) is 5.75 Å². The minimum absolute atomic E-state index is 0.124. The summed E-state index contributed by atoms with van der Waals surface area (Å²) in [4.78, 5) is 14.4. The molecule has 1 heterocycles. The lowest BCUT2D eigenvalue weighted by Gasteiger charge is -2.23. The first-order valence-corrected chi connectivity index (χ1v) is 9.04. The zero-order valence-electron chi connectivity index (χ0n) is 14.8. The Morgan fingerprint density at radius 1 is 1.20 bits per heavy atom. The molecule has 5 nitrogen and oxygen atoms in total. The molecule has 2 rings (SSSR count). The lowest BCUT2D eigenvalue weighted by Crippen LogP contribution is -2.36. The van der Waals surface area contributed by atoms with Gasteiger partial charge in [0.2, 0.25) is 0 Å². The van der Waals surface area contributed by atoms with E-state index in [0.717, 1.165) is 10.2 Å². The Morgan fingerprint density at radius 3 is 2.56 bits per heavy atom. The number of nitrogens with zero attached hydrogens (tertiary/aromatic N) is 1. The highest BCUT2D eigenvalue weighted by Gasteiger charge is 2.20. The van der Waals surface area contributed by atoms with Gasteiger partial charge in [-0.3, -0.25) is 4.79 Å². The van der Waals surface area contributed by atoms with Crippen LogP contribution in [0.25, 0.3) is 0 Å². The molecule has 0 atom stereocenters. The first kappa shape index (κ1) is 19.5. The molecule has 0 bridgehead atoms. The molecule has 1 amide bonds. The lowest BCUT2D eigenvalue weighted by molar-refractivity contribution is 0.0637. The van der Waals surface area contributed by atoms with Gasteiger partial charge in [-0.15, -0.1) is 0 Å². The molecule has 0 fully saturated rings. The maximum Gasteiger partial charge on any atom is 0.289 e. The average Bonchev–Trinajstić information content (AvgIpc) is 3.06. The van der Waals surface area contributed by atoms with Crippen LogP contribution in [0.4, 0.5) is 0 Å². The fourth-order valence-corrected chi connectivity index (χ4v) is 2.59. The van der Waals surface area contributed by atoms with E-state index in [1.165, 1.54) is 0 Å². The van der Waals surface area contributed by atoms with Crippen LogP contribution in [0.2, 0.25) is 0 Å². The fraction of sp³-hybridized carbons (Fsp3) is 0.421. The molecule has 0 saturated carbocycles. The van der Waals surface area contributed by atoms with E-state index in [1.54, 1.807) is 24.1 Å². The second-order valence-corrected chi connectivity index (χ2v) is 7.06. The molecule has 0 radical (unpaired) electrons. The van der Waals surface area contributed by atoms with Crippen LogP contribution in [-0.4, -0.2) is 37.6 Å². The maximum atomic E-state index is 12.6. The Morgan fingerprint density at radius 2 is 1.92 bits per heavy atom. The predicted molar refractivity (Wildman–Crippen MR) is 99.8 cm³/mol. The van der Waals surface area contributed by atoms with Gasteiger partial charge in [0.1, 0.15) is 18.1 Å². The third-order valence-corrected chi connectivity index (χ3v) is 4.03. The summed E-state index contributed by atoms with van der Waals surface area (Å²) in [6.07, 6.45) is 0. The van der Waals surface area contributed by atoms with Crippen molar-refractivity contribution in [3.63, 3.8) is 0 Å². The number of carbonyl (C=O) groups excluding carboxylic acids is 1. The number of carbonyl (C=O) groups is 1. The van der Waals surface area contributed by atoms with E-state index < -0.39 is 0 Å². The summed E-state index contributed by atoms with van der Waals surface area (Å²) in [5.74, 6) is 1.93. The second kappa shape index (κ2) is 9.63. The highest BCUT2D eigenvalue weighted by molar-refractivity contribution is 9.10. The SMILES string of the molecule is COCCN(CC(C)C)C(=O)c1ccc(COc2ccc(Br)cc2)o1. The number of amides is 1. The lowest BCUT2D eigenvalue weighted by atomic mass is 10.2. The van der Waals surface area contributed by atoms with Gasteiger partial charge in [0.25, 0.3) is 5.91 Å². The van der Waals surface area contributed by atoms with Gasteiger partial charge in [0.05, 0.1) is 6.61 Å². The summed E-state index contributed by atoms with van der Waals surface area (Å²) in [7, 11) is 1.63. The molecule has 136 valence electrons. The van der Waals surface area contributed by atoms with Gasteiger partial charge in [0, 0.05) is 24.7 Å². The van der Waals surface area contributed by atoms with E-state index >= 15 is 0 Å². The van der Waals surface area contributed by atoms with Gasteiger partial charge in [-0.05, 0) is 42.3 Å². The Kier molecular flexibility index (Phi) is 7.52. The van der Waals surface area contributed by atoms with Crippen LogP contribution in [0.5, 0.6) is 5.75 Å². The van der Waals surface area contributed by atoms with Crippen molar-refractivity contribution in [1.29, 1.82) is 0 Å². The number of methoxy groups -OCH3 is 1. The van der Waals surface area contributed by atoms with Gasteiger partial charge in [-0.25, -0.2) is 0 Å². The van der Waals surface area contributed by atoms with Gasteiger partial charge in [0.15, 0.2) is 5.76 Å². The largest absolute Gasteiger partial charge is 0.486 e. The van der Waals surface area contributed by atoms with Crippen molar-refractivity contribution < 1.29 is 18.7 Å². The van der Waals surface area contributed by atoms with Crippen LogP contribution >= 0.6 is 15.9 Å². The number of ether oxygens (including phenoxy) is 2. The quantitative estimate of drug-likeness (QED) is 0.616. The third-order valence-electron chi connectivity index (χ3n) is 3.51. The predicted octanol–water partition coefficient (Wildman–Crippen LogP) is 4.37. The van der Waals surface area contributed by atoms with Crippen molar-refractivity contribution in [2.75, 3.05) is 26.8 Å². The number of furan rings is 1. The summed E-state index contributed by atoms with van der Waals surface area (Å²) in [6.45, 7) is 6.13. The first-order valence-electron chi connectivity index (χ1n) is 8.25. The number of rotatable bonds is 9. The van der Waals surface area contributed by atoms with Crippen LogP contribution in [0.3, 0.4) is 0 Å². The molecule has 6 heteroatoms. The smallest absolute Gasteiger partial charge is 0.289 e. The average molecular weight is 410 g/mol. The standard InChI is InChI=1S/C19H24BrNO4/c1-14(2)12-21(10-11-23-3)19(22)18-9-8-17(25-18)13-24-16-6-4-15(20)5-7-16/h4-9,14H,10-13H2,1-3H3. The van der Waals surface area contributed by atoms with E-state index in [1.807, 2.05) is 24.3 Å². The number of hydrogen-bond donors (Lipinski definition) is 0. The summed E-state index contributed by atoms with van der Waals surface area (Å²) in [5, 5.41) is 0. The van der Waals surface area contributed by atoms with E-state index in [-0.39, 0.29) is 12.5 Å².